The summed E-state index contributed by atoms with van der Waals surface area (Å²) in [7, 11) is 0. The van der Waals surface area contributed by atoms with Crippen molar-refractivity contribution in [3.05, 3.63) is 35.6 Å². The molecule has 1 unspecified atom stereocenters. The SMILES string of the molecule is CCC1(C)CN(Cc2ccccc2F)C(CC)(CC)CN1. The zero-order valence-corrected chi connectivity index (χ0v) is 13.9. The van der Waals surface area contributed by atoms with Gasteiger partial charge in [0.05, 0.1) is 0 Å². The molecule has 1 N–H and O–H groups in total. The monoisotopic (exact) mass is 292 g/mol. The highest BCUT2D eigenvalue weighted by Gasteiger charge is 2.42. The predicted molar refractivity (Wildman–Crippen MR) is 86.8 cm³/mol. The van der Waals surface area contributed by atoms with Gasteiger partial charge in [0.2, 0.25) is 0 Å². The normalized spacial score (nSPS) is 26.0. The number of halogens is 1. The molecule has 1 heterocycles. The minimum absolute atomic E-state index is 0.0876. The number of nitrogens with one attached hydrogen (secondary N) is 1. The first-order valence-electron chi connectivity index (χ1n) is 8.22. The Morgan fingerprint density at radius 3 is 2.38 bits per heavy atom. The van der Waals surface area contributed by atoms with Crippen molar-refractivity contribution in [3.63, 3.8) is 0 Å². The quantitative estimate of drug-likeness (QED) is 0.883. The zero-order valence-electron chi connectivity index (χ0n) is 13.9. The highest BCUT2D eigenvalue weighted by atomic mass is 19.1. The molecule has 21 heavy (non-hydrogen) atoms. The van der Waals surface area contributed by atoms with Crippen molar-refractivity contribution >= 4 is 0 Å². The van der Waals surface area contributed by atoms with Gasteiger partial charge in [-0.05, 0) is 32.3 Å². The van der Waals surface area contributed by atoms with Gasteiger partial charge in [-0.2, -0.15) is 0 Å². The van der Waals surface area contributed by atoms with E-state index in [-0.39, 0.29) is 16.9 Å². The summed E-state index contributed by atoms with van der Waals surface area (Å²) >= 11 is 0. The lowest BCUT2D eigenvalue weighted by Gasteiger charge is -2.53. The third kappa shape index (κ3) is 3.29. The number of benzene rings is 1. The molecule has 0 aliphatic carbocycles. The average molecular weight is 292 g/mol. The van der Waals surface area contributed by atoms with E-state index >= 15 is 0 Å². The van der Waals surface area contributed by atoms with Gasteiger partial charge >= 0.3 is 0 Å². The van der Waals surface area contributed by atoms with Crippen molar-refractivity contribution in [2.75, 3.05) is 13.1 Å². The van der Waals surface area contributed by atoms with E-state index in [1.807, 2.05) is 12.1 Å². The molecule has 2 rings (SSSR count). The molecular formula is C18H29FN2. The van der Waals surface area contributed by atoms with Crippen LogP contribution in [0.5, 0.6) is 0 Å². The van der Waals surface area contributed by atoms with Gasteiger partial charge in [0.25, 0.3) is 0 Å². The molecule has 118 valence electrons. The molecule has 0 aromatic heterocycles. The third-order valence-corrected chi connectivity index (χ3v) is 5.47. The average Bonchev–Trinajstić information content (AvgIpc) is 2.51. The molecule has 1 aromatic carbocycles. The summed E-state index contributed by atoms with van der Waals surface area (Å²) in [6, 6.07) is 7.17. The molecule has 1 aliphatic rings. The third-order valence-electron chi connectivity index (χ3n) is 5.47. The van der Waals surface area contributed by atoms with Gasteiger partial charge in [0, 0.05) is 36.3 Å². The molecule has 3 heteroatoms. The Bertz CT molecular complexity index is 470. The summed E-state index contributed by atoms with van der Waals surface area (Å²) in [5.41, 5.74) is 1.07. The summed E-state index contributed by atoms with van der Waals surface area (Å²) in [6.45, 7) is 11.6. The second-order valence-corrected chi connectivity index (χ2v) is 6.65. The largest absolute Gasteiger partial charge is 0.308 e. The molecule has 0 bridgehead atoms. The van der Waals surface area contributed by atoms with Crippen LogP contribution in [-0.2, 0) is 6.54 Å². The van der Waals surface area contributed by atoms with Crippen molar-refractivity contribution in [3.8, 4) is 0 Å². The van der Waals surface area contributed by atoms with E-state index in [1.54, 1.807) is 12.1 Å². The maximum Gasteiger partial charge on any atom is 0.127 e. The zero-order chi connectivity index (χ0) is 15.5. The summed E-state index contributed by atoms with van der Waals surface area (Å²) < 4.78 is 14.0. The molecule has 1 atom stereocenters. The minimum atomic E-state index is -0.0876. The van der Waals surface area contributed by atoms with Gasteiger partial charge < -0.3 is 5.32 Å². The summed E-state index contributed by atoms with van der Waals surface area (Å²) in [5, 5.41) is 3.73. The smallest absolute Gasteiger partial charge is 0.127 e. The molecule has 1 saturated heterocycles. The van der Waals surface area contributed by atoms with Crippen LogP contribution < -0.4 is 5.32 Å². The van der Waals surface area contributed by atoms with E-state index < -0.39 is 0 Å². The van der Waals surface area contributed by atoms with Crippen LogP contribution in [-0.4, -0.2) is 29.1 Å². The van der Waals surface area contributed by atoms with Crippen LogP contribution in [0.4, 0.5) is 4.39 Å². The van der Waals surface area contributed by atoms with Gasteiger partial charge in [0.15, 0.2) is 0 Å². The first kappa shape index (κ1) is 16.4. The number of hydrogen-bond acceptors (Lipinski definition) is 2. The van der Waals surface area contributed by atoms with E-state index in [1.165, 1.54) is 0 Å². The predicted octanol–water partition coefficient (Wildman–Crippen LogP) is 3.96. The first-order valence-corrected chi connectivity index (χ1v) is 8.22. The number of piperazine rings is 1. The fourth-order valence-electron chi connectivity index (χ4n) is 3.37. The van der Waals surface area contributed by atoms with E-state index in [0.717, 1.165) is 37.9 Å². The van der Waals surface area contributed by atoms with Crippen molar-refractivity contribution in [2.24, 2.45) is 0 Å². The fraction of sp³-hybridized carbons (Fsp3) is 0.667. The summed E-state index contributed by atoms with van der Waals surface area (Å²) in [5.74, 6) is -0.0876. The first-order chi connectivity index (χ1) is 9.98. The Kier molecular flexibility index (Phi) is 5.05. The lowest BCUT2D eigenvalue weighted by Crippen LogP contribution is -2.68. The highest BCUT2D eigenvalue weighted by Crippen LogP contribution is 2.32. The Balaban J connectivity index is 2.27. The van der Waals surface area contributed by atoms with Crippen molar-refractivity contribution in [1.82, 2.24) is 10.2 Å². The molecule has 0 amide bonds. The van der Waals surface area contributed by atoms with Crippen molar-refractivity contribution in [2.45, 2.75) is 64.6 Å². The van der Waals surface area contributed by atoms with Gasteiger partial charge in [-0.1, -0.05) is 39.0 Å². The fourth-order valence-corrected chi connectivity index (χ4v) is 3.37. The maximum atomic E-state index is 14.0. The van der Waals surface area contributed by atoms with Crippen LogP contribution >= 0.6 is 0 Å². The minimum Gasteiger partial charge on any atom is -0.308 e. The number of nitrogens with zero attached hydrogens (tertiary/aromatic N) is 1. The Labute approximate surface area is 128 Å². The molecule has 0 radical (unpaired) electrons. The number of rotatable bonds is 5. The van der Waals surface area contributed by atoms with Crippen LogP contribution in [0.1, 0.15) is 52.5 Å². The van der Waals surface area contributed by atoms with E-state index in [9.17, 15) is 4.39 Å². The molecule has 0 spiro atoms. The standard InChI is InChI=1S/C18H29FN2/c1-5-17(4)14-21(18(6-2,7-3)13-20-17)12-15-10-8-9-11-16(15)19/h8-11,20H,5-7,12-14H2,1-4H3. The van der Waals surface area contributed by atoms with Gasteiger partial charge in [-0.3, -0.25) is 4.90 Å². The second-order valence-electron chi connectivity index (χ2n) is 6.65. The lowest BCUT2D eigenvalue weighted by atomic mass is 9.82. The van der Waals surface area contributed by atoms with Crippen molar-refractivity contribution < 1.29 is 4.39 Å². The van der Waals surface area contributed by atoms with Crippen LogP contribution in [0, 0.1) is 5.82 Å². The van der Waals surface area contributed by atoms with Crippen LogP contribution in [0.15, 0.2) is 24.3 Å². The summed E-state index contributed by atoms with van der Waals surface area (Å²) in [6.07, 6.45) is 3.26. The van der Waals surface area contributed by atoms with Crippen LogP contribution in [0.3, 0.4) is 0 Å². The van der Waals surface area contributed by atoms with E-state index in [0.29, 0.717) is 6.54 Å². The van der Waals surface area contributed by atoms with E-state index in [2.05, 4.69) is 37.9 Å². The van der Waals surface area contributed by atoms with Crippen LogP contribution in [0.25, 0.3) is 0 Å². The van der Waals surface area contributed by atoms with Gasteiger partial charge in [0.1, 0.15) is 5.82 Å². The van der Waals surface area contributed by atoms with Gasteiger partial charge in [-0.25, -0.2) is 4.39 Å². The molecule has 0 saturated carbocycles. The molecular weight excluding hydrogens is 263 g/mol. The Hall–Kier alpha value is -0.930. The molecule has 1 fully saturated rings. The lowest BCUT2D eigenvalue weighted by molar-refractivity contribution is -0.00473. The van der Waals surface area contributed by atoms with E-state index in [4.69, 9.17) is 0 Å². The topological polar surface area (TPSA) is 15.3 Å². The summed E-state index contributed by atoms with van der Waals surface area (Å²) in [4.78, 5) is 2.51. The van der Waals surface area contributed by atoms with Crippen molar-refractivity contribution in [1.29, 1.82) is 0 Å². The Morgan fingerprint density at radius 1 is 1.14 bits per heavy atom. The maximum absolute atomic E-state index is 14.0. The molecule has 1 aromatic rings. The molecule has 2 nitrogen and oxygen atoms in total. The second kappa shape index (κ2) is 6.45. The van der Waals surface area contributed by atoms with Gasteiger partial charge in [-0.15, -0.1) is 0 Å². The number of hydrogen-bond donors (Lipinski definition) is 1. The van der Waals surface area contributed by atoms with Crippen LogP contribution in [0.2, 0.25) is 0 Å². The highest BCUT2D eigenvalue weighted by molar-refractivity contribution is 5.18. The Morgan fingerprint density at radius 2 is 1.81 bits per heavy atom. The molecule has 1 aliphatic heterocycles.